The van der Waals surface area contributed by atoms with E-state index in [-0.39, 0.29) is 20.1 Å². The van der Waals surface area contributed by atoms with Crippen molar-refractivity contribution < 1.29 is 20.1 Å². The van der Waals surface area contributed by atoms with Crippen LogP contribution in [0.1, 0.15) is 38.8 Å². The molecule has 0 atom stereocenters. The maximum atomic E-state index is 5.16. The third-order valence-corrected chi connectivity index (χ3v) is 7.91. The average molecular weight is 680 g/mol. The SMILES string of the molecule is CC(C)Cc1cc2sc3ccccc3c2c(CC(C)C)c1-n1c(-c2[c-]cccc2)nc2ccccc21.[Ir]. The molecule has 2 aromatic heterocycles. The second kappa shape index (κ2) is 10.5. The smallest absolute Gasteiger partial charge is 0.0774 e. The summed E-state index contributed by atoms with van der Waals surface area (Å²) in [5.41, 5.74) is 7.35. The number of hydrogen-bond acceptors (Lipinski definition) is 2. The fraction of sp³-hybridized carbons (Fsp3) is 0.242. The van der Waals surface area contributed by atoms with Gasteiger partial charge in [0.15, 0.2) is 0 Å². The first kappa shape index (κ1) is 25.9. The molecule has 0 saturated carbocycles. The van der Waals surface area contributed by atoms with Gasteiger partial charge in [0.25, 0.3) is 0 Å². The zero-order valence-corrected chi connectivity index (χ0v) is 24.9. The van der Waals surface area contributed by atoms with E-state index in [1.165, 1.54) is 37.0 Å². The molecule has 0 saturated heterocycles. The first-order valence-corrected chi connectivity index (χ1v) is 13.7. The fourth-order valence-electron chi connectivity index (χ4n) is 5.46. The van der Waals surface area contributed by atoms with Crippen LogP contribution in [0.2, 0.25) is 0 Å². The van der Waals surface area contributed by atoms with Crippen molar-refractivity contribution in [1.29, 1.82) is 0 Å². The number of thiophene rings is 1. The summed E-state index contributed by atoms with van der Waals surface area (Å²) in [4.78, 5) is 5.16. The van der Waals surface area contributed by atoms with Crippen LogP contribution in [-0.2, 0) is 32.9 Å². The van der Waals surface area contributed by atoms with Crippen LogP contribution in [0.25, 0.3) is 48.3 Å². The van der Waals surface area contributed by atoms with Crippen molar-refractivity contribution in [2.24, 2.45) is 11.8 Å². The number of nitrogens with zero attached hydrogens (tertiary/aromatic N) is 2. The summed E-state index contributed by atoms with van der Waals surface area (Å²) in [5, 5.41) is 2.77. The van der Waals surface area contributed by atoms with Crippen molar-refractivity contribution >= 4 is 42.5 Å². The molecule has 6 aromatic rings. The third kappa shape index (κ3) is 4.68. The van der Waals surface area contributed by atoms with E-state index in [0.29, 0.717) is 11.8 Å². The molecular weight excluding hydrogens is 649 g/mol. The molecule has 0 aliphatic carbocycles. The molecule has 0 aliphatic rings. The van der Waals surface area contributed by atoms with E-state index < -0.39 is 0 Å². The predicted molar refractivity (Wildman–Crippen MR) is 155 cm³/mol. The van der Waals surface area contributed by atoms with Gasteiger partial charge in [-0.15, -0.1) is 47.2 Å². The Hall–Kier alpha value is -2.78. The number of rotatable bonds is 6. The van der Waals surface area contributed by atoms with Crippen LogP contribution >= 0.6 is 11.3 Å². The van der Waals surface area contributed by atoms with Crippen LogP contribution in [0.4, 0.5) is 0 Å². The van der Waals surface area contributed by atoms with E-state index in [9.17, 15) is 0 Å². The minimum atomic E-state index is 0. The van der Waals surface area contributed by atoms with Crippen molar-refractivity contribution in [3.63, 3.8) is 0 Å². The average Bonchev–Trinajstić information content (AvgIpc) is 3.42. The van der Waals surface area contributed by atoms with Gasteiger partial charge in [0.1, 0.15) is 0 Å². The molecule has 0 fully saturated rings. The zero-order chi connectivity index (χ0) is 24.8. The Morgan fingerprint density at radius 3 is 2.32 bits per heavy atom. The number of para-hydroxylation sites is 2. The molecular formula is C33H31IrN2S-. The molecule has 0 bridgehead atoms. The quantitative estimate of drug-likeness (QED) is 0.161. The Morgan fingerprint density at radius 1 is 0.838 bits per heavy atom. The van der Waals surface area contributed by atoms with Gasteiger partial charge < -0.3 is 4.57 Å². The molecule has 37 heavy (non-hydrogen) atoms. The van der Waals surface area contributed by atoms with E-state index in [1.807, 2.05) is 23.5 Å². The van der Waals surface area contributed by atoms with Gasteiger partial charge in [0.05, 0.1) is 16.9 Å². The maximum Gasteiger partial charge on any atom is 0.0774 e. The largest absolute Gasteiger partial charge is 0.333 e. The third-order valence-electron chi connectivity index (χ3n) is 6.79. The van der Waals surface area contributed by atoms with Gasteiger partial charge in [-0.1, -0.05) is 58.0 Å². The standard InChI is InChI=1S/C33H31N2S.Ir/c1-21(2)18-24-20-30-31(25-14-8-11-17-29(25)36-30)26(19-22(3)4)32(24)35-28-16-10-9-15-27(28)34-33(35)23-12-6-5-7-13-23;/h5-12,14-17,20-22H,18-19H2,1-4H3;/q-1;. The number of benzene rings is 4. The Kier molecular flexibility index (Phi) is 7.36. The molecule has 1 radical (unpaired) electrons. The monoisotopic (exact) mass is 680 g/mol. The Bertz CT molecular complexity index is 1690. The minimum absolute atomic E-state index is 0. The van der Waals surface area contributed by atoms with Crippen molar-refractivity contribution in [1.82, 2.24) is 9.55 Å². The van der Waals surface area contributed by atoms with Crippen molar-refractivity contribution in [3.05, 3.63) is 96.1 Å². The summed E-state index contributed by atoms with van der Waals surface area (Å²) < 4.78 is 5.18. The Morgan fingerprint density at radius 2 is 1.57 bits per heavy atom. The molecule has 2 nitrogen and oxygen atoms in total. The molecule has 4 heteroatoms. The molecule has 4 aromatic carbocycles. The molecule has 0 spiro atoms. The van der Waals surface area contributed by atoms with Crippen LogP contribution in [0.3, 0.4) is 0 Å². The molecule has 0 unspecified atom stereocenters. The molecule has 6 rings (SSSR count). The molecule has 2 heterocycles. The zero-order valence-electron chi connectivity index (χ0n) is 21.7. The number of hydrogen-bond donors (Lipinski definition) is 0. The van der Waals surface area contributed by atoms with Gasteiger partial charge in [-0.05, 0) is 60.1 Å². The van der Waals surface area contributed by atoms with E-state index in [1.54, 1.807) is 0 Å². The van der Waals surface area contributed by atoms with Crippen LogP contribution in [-0.4, -0.2) is 9.55 Å². The number of aromatic nitrogens is 2. The van der Waals surface area contributed by atoms with E-state index in [4.69, 9.17) is 4.98 Å². The van der Waals surface area contributed by atoms with Crippen molar-refractivity contribution in [3.8, 4) is 17.1 Å². The number of imidazole rings is 1. The van der Waals surface area contributed by atoms with Crippen LogP contribution < -0.4 is 0 Å². The second-order valence-electron chi connectivity index (χ2n) is 10.6. The van der Waals surface area contributed by atoms with E-state index >= 15 is 0 Å². The number of fused-ring (bicyclic) bond motifs is 4. The van der Waals surface area contributed by atoms with Crippen LogP contribution in [0.15, 0.2) is 78.9 Å². The first-order chi connectivity index (χ1) is 17.5. The Labute approximate surface area is 236 Å². The van der Waals surface area contributed by atoms with Gasteiger partial charge in [-0.25, -0.2) is 0 Å². The summed E-state index contributed by atoms with van der Waals surface area (Å²) in [7, 11) is 0. The maximum absolute atomic E-state index is 5.16. The summed E-state index contributed by atoms with van der Waals surface area (Å²) in [6.45, 7) is 9.30. The van der Waals surface area contributed by atoms with Crippen molar-refractivity contribution in [2.75, 3.05) is 0 Å². The second-order valence-corrected chi connectivity index (χ2v) is 11.6. The summed E-state index contributed by atoms with van der Waals surface area (Å²) in [5.74, 6) is 2.04. The normalized spacial score (nSPS) is 11.7. The van der Waals surface area contributed by atoms with Gasteiger partial charge in [-0.2, -0.15) is 0 Å². The summed E-state index contributed by atoms with van der Waals surface area (Å²) in [6, 6.07) is 31.6. The summed E-state index contributed by atoms with van der Waals surface area (Å²) >= 11 is 1.92. The fourth-order valence-corrected chi connectivity index (χ4v) is 6.66. The Balaban J connectivity index is 0.00000280. The van der Waals surface area contributed by atoms with E-state index in [2.05, 4.69) is 105 Å². The van der Waals surface area contributed by atoms with Gasteiger partial charge in [0, 0.05) is 46.0 Å². The van der Waals surface area contributed by atoms with Crippen molar-refractivity contribution in [2.45, 2.75) is 40.5 Å². The van der Waals surface area contributed by atoms with Crippen LogP contribution in [0, 0.1) is 17.9 Å². The molecule has 0 N–H and O–H groups in total. The minimum Gasteiger partial charge on any atom is -0.333 e. The molecule has 0 aliphatic heterocycles. The van der Waals surface area contributed by atoms with Gasteiger partial charge in [-0.3, -0.25) is 4.98 Å². The van der Waals surface area contributed by atoms with Gasteiger partial charge >= 0.3 is 0 Å². The molecule has 0 amide bonds. The molecule has 189 valence electrons. The summed E-state index contributed by atoms with van der Waals surface area (Å²) in [6.07, 6.45) is 2.04. The predicted octanol–water partition coefficient (Wildman–Crippen LogP) is 9.26. The van der Waals surface area contributed by atoms with E-state index in [0.717, 1.165) is 35.3 Å². The first-order valence-electron chi connectivity index (χ1n) is 12.9. The topological polar surface area (TPSA) is 17.8 Å². The van der Waals surface area contributed by atoms with Gasteiger partial charge in [0.2, 0.25) is 0 Å². The van der Waals surface area contributed by atoms with Crippen LogP contribution in [0.5, 0.6) is 0 Å².